The van der Waals surface area contributed by atoms with Crippen LogP contribution < -0.4 is 0 Å². The van der Waals surface area contributed by atoms with Crippen LogP contribution in [-0.4, -0.2) is 43.1 Å². The highest BCUT2D eigenvalue weighted by Gasteiger charge is 2.18. The van der Waals surface area contributed by atoms with Crippen LogP contribution in [0.2, 0.25) is 0 Å². The van der Waals surface area contributed by atoms with E-state index in [1.54, 1.807) is 0 Å². The predicted octanol–water partition coefficient (Wildman–Crippen LogP) is 4.14. The molecule has 0 aliphatic carbocycles. The summed E-state index contributed by atoms with van der Waals surface area (Å²) >= 11 is 0. The Morgan fingerprint density at radius 1 is 1.26 bits per heavy atom. The van der Waals surface area contributed by atoms with E-state index in [1.807, 2.05) is 33.8 Å². The molecule has 114 valence electrons. The van der Waals surface area contributed by atoms with Crippen molar-refractivity contribution in [3.05, 3.63) is 12.7 Å². The van der Waals surface area contributed by atoms with Crippen LogP contribution in [0.3, 0.4) is 0 Å². The minimum atomic E-state index is 0.270. The normalized spacial score (nSPS) is 17.5. The van der Waals surface area contributed by atoms with Crippen molar-refractivity contribution in [3.63, 3.8) is 0 Å². The Kier molecular flexibility index (Phi) is 16.7. The minimum Gasteiger partial charge on any atom is -0.379 e. The summed E-state index contributed by atoms with van der Waals surface area (Å²) in [6.45, 7) is 19.7. The summed E-state index contributed by atoms with van der Waals surface area (Å²) in [4.78, 5) is 7.10. The molecule has 0 aromatic carbocycles. The summed E-state index contributed by atoms with van der Waals surface area (Å²) in [6.07, 6.45) is 4.17. The van der Waals surface area contributed by atoms with Gasteiger partial charge in [0.2, 0.25) is 0 Å². The number of rotatable bonds is 5. The highest BCUT2D eigenvalue weighted by atomic mass is 16.5. The van der Waals surface area contributed by atoms with Crippen LogP contribution in [0.5, 0.6) is 0 Å². The zero-order chi connectivity index (χ0) is 15.1. The Hall–Kier alpha value is -0.670. The molecule has 0 spiro atoms. The van der Waals surface area contributed by atoms with Gasteiger partial charge < -0.3 is 4.74 Å². The molecule has 3 nitrogen and oxygen atoms in total. The third kappa shape index (κ3) is 9.85. The molecule has 0 aromatic rings. The molecule has 1 aliphatic heterocycles. The summed E-state index contributed by atoms with van der Waals surface area (Å²) in [6, 6.07) is 0. The first-order valence-electron chi connectivity index (χ1n) is 7.74. The SMILES string of the molecule is C=CCC(/N=C(\C)CC)N1CCOCC1.CC.CC. The van der Waals surface area contributed by atoms with Gasteiger partial charge in [-0.05, 0) is 13.3 Å². The Balaban J connectivity index is 0. The van der Waals surface area contributed by atoms with Gasteiger partial charge in [-0.2, -0.15) is 0 Å². The fourth-order valence-electron chi connectivity index (χ4n) is 1.65. The first kappa shape index (κ1) is 20.6. The van der Waals surface area contributed by atoms with Gasteiger partial charge in [-0.1, -0.05) is 40.7 Å². The molecule has 3 heteroatoms. The molecule has 1 rings (SSSR count). The van der Waals surface area contributed by atoms with Gasteiger partial charge in [0.1, 0.15) is 6.17 Å². The van der Waals surface area contributed by atoms with Crippen LogP contribution in [0, 0.1) is 0 Å². The van der Waals surface area contributed by atoms with Gasteiger partial charge in [-0.3, -0.25) is 9.89 Å². The molecular formula is C16H34N2O. The zero-order valence-electron chi connectivity index (χ0n) is 13.9. The smallest absolute Gasteiger partial charge is 0.105 e. The van der Waals surface area contributed by atoms with Crippen LogP contribution in [0.1, 0.15) is 54.4 Å². The first-order chi connectivity index (χ1) is 9.27. The van der Waals surface area contributed by atoms with Gasteiger partial charge in [0, 0.05) is 25.2 Å². The summed E-state index contributed by atoms with van der Waals surface area (Å²) in [5.41, 5.74) is 1.22. The van der Waals surface area contributed by atoms with E-state index < -0.39 is 0 Å². The largest absolute Gasteiger partial charge is 0.379 e. The summed E-state index contributed by atoms with van der Waals surface area (Å²) < 4.78 is 5.34. The molecule has 0 amide bonds. The molecule has 1 heterocycles. The van der Waals surface area contributed by atoms with Crippen LogP contribution in [0.4, 0.5) is 0 Å². The van der Waals surface area contributed by atoms with Crippen LogP contribution in [0.25, 0.3) is 0 Å². The second-order valence-electron chi connectivity index (χ2n) is 3.87. The summed E-state index contributed by atoms with van der Waals surface area (Å²) in [5, 5.41) is 0. The summed E-state index contributed by atoms with van der Waals surface area (Å²) in [7, 11) is 0. The number of hydrogen-bond donors (Lipinski definition) is 0. The van der Waals surface area contributed by atoms with Gasteiger partial charge in [0.15, 0.2) is 0 Å². The van der Waals surface area contributed by atoms with E-state index in [4.69, 9.17) is 9.73 Å². The lowest BCUT2D eigenvalue weighted by Crippen LogP contribution is -2.42. The molecule has 0 aromatic heterocycles. The summed E-state index contributed by atoms with van der Waals surface area (Å²) in [5.74, 6) is 0. The maximum atomic E-state index is 5.34. The lowest BCUT2D eigenvalue weighted by Gasteiger charge is -2.31. The highest BCUT2D eigenvalue weighted by molar-refractivity contribution is 5.81. The molecule has 0 bridgehead atoms. The molecule has 0 N–H and O–H groups in total. The minimum absolute atomic E-state index is 0.270. The van der Waals surface area contributed by atoms with E-state index in [2.05, 4.69) is 25.3 Å². The molecule has 0 saturated carbocycles. The zero-order valence-corrected chi connectivity index (χ0v) is 13.9. The molecule has 1 fully saturated rings. The van der Waals surface area contributed by atoms with E-state index >= 15 is 0 Å². The third-order valence-corrected chi connectivity index (χ3v) is 2.73. The predicted molar refractivity (Wildman–Crippen MR) is 87.1 cm³/mol. The van der Waals surface area contributed by atoms with Gasteiger partial charge in [0.25, 0.3) is 0 Å². The van der Waals surface area contributed by atoms with Crippen molar-refractivity contribution >= 4 is 5.71 Å². The molecule has 1 atom stereocenters. The van der Waals surface area contributed by atoms with E-state index in [9.17, 15) is 0 Å². The number of aliphatic imine (C=N–C) groups is 1. The molecule has 1 saturated heterocycles. The molecule has 19 heavy (non-hydrogen) atoms. The Labute approximate surface area is 120 Å². The second-order valence-corrected chi connectivity index (χ2v) is 3.87. The van der Waals surface area contributed by atoms with E-state index in [0.29, 0.717) is 0 Å². The number of hydrogen-bond acceptors (Lipinski definition) is 3. The fraction of sp³-hybridized carbons (Fsp3) is 0.812. The van der Waals surface area contributed by atoms with Crippen molar-refractivity contribution in [1.82, 2.24) is 4.90 Å². The Morgan fingerprint density at radius 3 is 2.21 bits per heavy atom. The average molecular weight is 270 g/mol. The van der Waals surface area contributed by atoms with Crippen LogP contribution in [-0.2, 0) is 4.74 Å². The fourth-order valence-corrected chi connectivity index (χ4v) is 1.65. The monoisotopic (exact) mass is 270 g/mol. The standard InChI is InChI=1S/C12H22N2O.2C2H6/c1-4-6-12(13-11(3)5-2)14-7-9-15-10-8-14;2*1-2/h4,12H,1,5-10H2,2-3H3;2*1-2H3/b13-11+;;. The molecule has 1 unspecified atom stereocenters. The number of morpholine rings is 1. The first-order valence-corrected chi connectivity index (χ1v) is 7.74. The lowest BCUT2D eigenvalue weighted by atomic mass is 10.2. The van der Waals surface area contributed by atoms with Gasteiger partial charge >= 0.3 is 0 Å². The average Bonchev–Trinajstić information content (AvgIpc) is 2.51. The van der Waals surface area contributed by atoms with Crippen LogP contribution in [0.15, 0.2) is 17.6 Å². The van der Waals surface area contributed by atoms with Crippen LogP contribution >= 0.6 is 0 Å². The van der Waals surface area contributed by atoms with Gasteiger partial charge in [0.05, 0.1) is 13.2 Å². The third-order valence-electron chi connectivity index (χ3n) is 2.73. The van der Waals surface area contributed by atoms with Crippen molar-refractivity contribution in [2.45, 2.75) is 60.5 Å². The van der Waals surface area contributed by atoms with Crippen molar-refractivity contribution < 1.29 is 4.74 Å². The van der Waals surface area contributed by atoms with Gasteiger partial charge in [-0.25, -0.2) is 0 Å². The number of nitrogens with zero attached hydrogens (tertiary/aromatic N) is 2. The van der Waals surface area contributed by atoms with Crippen molar-refractivity contribution in [2.24, 2.45) is 4.99 Å². The van der Waals surface area contributed by atoms with E-state index in [0.717, 1.165) is 39.1 Å². The van der Waals surface area contributed by atoms with Gasteiger partial charge in [-0.15, -0.1) is 6.58 Å². The Morgan fingerprint density at radius 2 is 1.79 bits per heavy atom. The van der Waals surface area contributed by atoms with E-state index in [1.165, 1.54) is 5.71 Å². The van der Waals surface area contributed by atoms with Crippen molar-refractivity contribution in [3.8, 4) is 0 Å². The topological polar surface area (TPSA) is 24.8 Å². The molecule has 0 radical (unpaired) electrons. The Bertz CT molecular complexity index is 221. The maximum absolute atomic E-state index is 5.34. The quantitative estimate of drug-likeness (QED) is 0.554. The van der Waals surface area contributed by atoms with Crippen molar-refractivity contribution in [2.75, 3.05) is 26.3 Å². The number of ether oxygens (including phenoxy) is 1. The van der Waals surface area contributed by atoms with Crippen molar-refractivity contribution in [1.29, 1.82) is 0 Å². The lowest BCUT2D eigenvalue weighted by molar-refractivity contribution is 0.0189. The second kappa shape index (κ2) is 15.4. The molecule has 1 aliphatic rings. The highest BCUT2D eigenvalue weighted by Crippen LogP contribution is 2.10. The van der Waals surface area contributed by atoms with E-state index in [-0.39, 0.29) is 6.17 Å². The maximum Gasteiger partial charge on any atom is 0.105 e. The molecular weight excluding hydrogens is 236 g/mol.